The van der Waals surface area contributed by atoms with Crippen molar-refractivity contribution < 1.29 is 13.2 Å². The first-order chi connectivity index (χ1) is 9.25. The van der Waals surface area contributed by atoms with Crippen LogP contribution >= 0.6 is 28.3 Å². The maximum absolute atomic E-state index is 12.0. The first kappa shape index (κ1) is 20.4. The summed E-state index contributed by atoms with van der Waals surface area (Å²) in [6, 6.07) is 6.81. The summed E-state index contributed by atoms with van der Waals surface area (Å²) >= 11 is 3.29. The molecule has 0 aliphatic heterocycles. The molecule has 0 aromatic heterocycles. The Morgan fingerprint density at radius 2 is 1.86 bits per heavy atom. The number of rotatable bonds is 6. The molecular weight excluding hydrogens is 380 g/mol. The predicted molar refractivity (Wildman–Crippen MR) is 90.2 cm³/mol. The van der Waals surface area contributed by atoms with Crippen LogP contribution in [0.2, 0.25) is 0 Å². The molecule has 0 spiro atoms. The molecule has 120 valence electrons. The molecule has 21 heavy (non-hydrogen) atoms. The van der Waals surface area contributed by atoms with Crippen molar-refractivity contribution in [3.05, 3.63) is 34.3 Å². The summed E-state index contributed by atoms with van der Waals surface area (Å²) in [5, 5.41) is 0. The van der Waals surface area contributed by atoms with Crippen LogP contribution in [0.25, 0.3) is 0 Å². The van der Waals surface area contributed by atoms with E-state index in [2.05, 4.69) is 15.9 Å². The number of sulfone groups is 1. The summed E-state index contributed by atoms with van der Waals surface area (Å²) < 4.78 is 24.9. The topological polar surface area (TPSA) is 80.5 Å². The van der Waals surface area contributed by atoms with Gasteiger partial charge in [-0.3, -0.25) is 4.79 Å². The van der Waals surface area contributed by atoms with Crippen LogP contribution in [0.1, 0.15) is 12.5 Å². The quantitative estimate of drug-likeness (QED) is 0.788. The molecule has 1 aromatic rings. The number of carbonyl (C=O) groups is 1. The third-order valence-electron chi connectivity index (χ3n) is 3.04. The summed E-state index contributed by atoms with van der Waals surface area (Å²) in [5.41, 5.74) is 6.13. The van der Waals surface area contributed by atoms with Gasteiger partial charge in [-0.05, 0) is 24.6 Å². The van der Waals surface area contributed by atoms with E-state index in [-0.39, 0.29) is 24.2 Å². The summed E-state index contributed by atoms with van der Waals surface area (Å²) in [7, 11) is -1.92. The Balaban J connectivity index is 0.00000400. The summed E-state index contributed by atoms with van der Waals surface area (Å²) in [4.78, 5) is 13.3. The van der Waals surface area contributed by atoms with Gasteiger partial charge in [0.1, 0.15) is 5.75 Å². The van der Waals surface area contributed by atoms with Crippen LogP contribution < -0.4 is 5.73 Å². The highest BCUT2D eigenvalue weighted by molar-refractivity contribution is 9.10. The lowest BCUT2D eigenvalue weighted by atomic mass is 10.2. The minimum absolute atomic E-state index is 0. The maximum Gasteiger partial charge on any atom is 0.237 e. The van der Waals surface area contributed by atoms with Crippen molar-refractivity contribution in [3.8, 4) is 0 Å². The second-order valence-corrected chi connectivity index (χ2v) is 7.73. The molecule has 0 radical (unpaired) electrons. The maximum atomic E-state index is 12.0. The van der Waals surface area contributed by atoms with Gasteiger partial charge in [0.2, 0.25) is 5.91 Å². The molecule has 0 fully saturated rings. The molecular formula is C13H20BrClN2O3S. The van der Waals surface area contributed by atoms with Gasteiger partial charge in [-0.25, -0.2) is 8.42 Å². The number of nitrogens with zero attached hydrogens (tertiary/aromatic N) is 1. The molecule has 1 aromatic carbocycles. The minimum atomic E-state index is -3.48. The third kappa shape index (κ3) is 6.78. The lowest BCUT2D eigenvalue weighted by molar-refractivity contribution is -0.128. The zero-order valence-corrected chi connectivity index (χ0v) is 15.2. The van der Waals surface area contributed by atoms with Crippen molar-refractivity contribution >= 4 is 44.1 Å². The molecule has 1 atom stereocenters. The second-order valence-electron chi connectivity index (χ2n) is 4.75. The summed E-state index contributed by atoms with van der Waals surface area (Å²) in [5.74, 6) is -1.07. The minimum Gasteiger partial charge on any atom is -0.341 e. The third-order valence-corrected chi connectivity index (χ3v) is 5.03. The van der Waals surface area contributed by atoms with Gasteiger partial charge in [0, 0.05) is 24.1 Å². The lowest BCUT2D eigenvalue weighted by Gasteiger charge is -2.23. The Bertz CT molecular complexity index is 563. The van der Waals surface area contributed by atoms with Crippen LogP contribution in [0.4, 0.5) is 0 Å². The highest BCUT2D eigenvalue weighted by atomic mass is 79.9. The number of amides is 1. The van der Waals surface area contributed by atoms with Crippen molar-refractivity contribution in [2.45, 2.75) is 18.7 Å². The Morgan fingerprint density at radius 3 is 2.33 bits per heavy atom. The molecule has 1 unspecified atom stereocenters. The van der Waals surface area contributed by atoms with Gasteiger partial charge in [-0.1, -0.05) is 28.1 Å². The largest absolute Gasteiger partial charge is 0.341 e. The van der Waals surface area contributed by atoms with Crippen molar-refractivity contribution in [2.75, 3.05) is 19.3 Å². The van der Waals surface area contributed by atoms with E-state index in [4.69, 9.17) is 5.73 Å². The van der Waals surface area contributed by atoms with E-state index in [9.17, 15) is 13.2 Å². The van der Waals surface area contributed by atoms with E-state index < -0.39 is 21.5 Å². The Hall–Kier alpha value is -0.630. The fourth-order valence-corrected chi connectivity index (χ4v) is 3.23. The summed E-state index contributed by atoms with van der Waals surface area (Å²) in [6.45, 7) is 2.08. The van der Waals surface area contributed by atoms with Gasteiger partial charge in [0.15, 0.2) is 9.84 Å². The highest BCUT2D eigenvalue weighted by Gasteiger charge is 2.22. The van der Waals surface area contributed by atoms with Gasteiger partial charge in [0.05, 0.1) is 5.75 Å². The van der Waals surface area contributed by atoms with Crippen LogP contribution in [0, 0.1) is 0 Å². The van der Waals surface area contributed by atoms with E-state index in [1.807, 2.05) is 0 Å². The molecule has 8 heteroatoms. The monoisotopic (exact) mass is 398 g/mol. The summed E-state index contributed by atoms with van der Waals surface area (Å²) in [6.07, 6.45) is 0. The Labute approximate surface area is 140 Å². The number of likely N-dealkylation sites (N-methyl/N-ethyl adjacent to an activating group) is 1. The van der Waals surface area contributed by atoms with Gasteiger partial charge >= 0.3 is 0 Å². The highest BCUT2D eigenvalue weighted by Crippen LogP contribution is 2.13. The van der Waals surface area contributed by atoms with E-state index in [0.29, 0.717) is 12.1 Å². The van der Waals surface area contributed by atoms with Crippen LogP contribution in [0.15, 0.2) is 28.7 Å². The SMILES string of the molecule is CC(CN)N(C)C(=O)CS(=O)(=O)Cc1ccc(Br)cc1.Cl. The number of nitrogens with two attached hydrogens (primary N) is 1. The van der Waals surface area contributed by atoms with E-state index in [1.54, 1.807) is 38.2 Å². The van der Waals surface area contributed by atoms with Crippen LogP contribution in [-0.2, 0) is 20.4 Å². The van der Waals surface area contributed by atoms with E-state index >= 15 is 0 Å². The standard InChI is InChI=1S/C13H19BrN2O3S.ClH/c1-10(7-15)16(2)13(17)9-20(18,19)8-11-3-5-12(14)6-4-11;/h3-6,10H,7-9,15H2,1-2H3;1H. The predicted octanol–water partition coefficient (Wildman–Crippen LogP) is 1.59. The molecule has 0 saturated carbocycles. The van der Waals surface area contributed by atoms with E-state index in [1.165, 1.54) is 4.90 Å². The van der Waals surface area contributed by atoms with Gasteiger partial charge in [-0.2, -0.15) is 0 Å². The molecule has 0 heterocycles. The number of carbonyl (C=O) groups excluding carboxylic acids is 1. The first-order valence-electron chi connectivity index (χ1n) is 6.16. The van der Waals surface area contributed by atoms with E-state index in [0.717, 1.165) is 4.47 Å². The molecule has 5 nitrogen and oxygen atoms in total. The van der Waals surface area contributed by atoms with Gasteiger partial charge in [0.25, 0.3) is 0 Å². The average Bonchev–Trinajstić information content (AvgIpc) is 2.38. The number of hydrogen-bond acceptors (Lipinski definition) is 4. The van der Waals surface area contributed by atoms with Crippen LogP contribution in [-0.4, -0.2) is 44.6 Å². The van der Waals surface area contributed by atoms with Gasteiger partial charge < -0.3 is 10.6 Å². The molecule has 0 bridgehead atoms. The van der Waals surface area contributed by atoms with Crippen molar-refractivity contribution in [1.82, 2.24) is 4.90 Å². The normalized spacial score (nSPS) is 12.4. The number of halogens is 2. The molecule has 0 aliphatic carbocycles. The van der Waals surface area contributed by atoms with Crippen molar-refractivity contribution in [3.63, 3.8) is 0 Å². The number of benzene rings is 1. The Kier molecular flexibility index (Phi) is 8.46. The molecule has 0 aliphatic rings. The van der Waals surface area contributed by atoms with Crippen molar-refractivity contribution in [1.29, 1.82) is 0 Å². The second kappa shape index (κ2) is 8.73. The molecule has 1 amide bonds. The Morgan fingerprint density at radius 1 is 1.33 bits per heavy atom. The smallest absolute Gasteiger partial charge is 0.237 e. The molecule has 0 saturated heterocycles. The zero-order valence-electron chi connectivity index (χ0n) is 12.0. The van der Waals surface area contributed by atoms with Crippen molar-refractivity contribution in [2.24, 2.45) is 5.73 Å². The molecule has 1 rings (SSSR count). The van der Waals surface area contributed by atoms with Gasteiger partial charge in [-0.15, -0.1) is 12.4 Å². The average molecular weight is 400 g/mol. The van der Waals surface area contributed by atoms with Crippen LogP contribution in [0.5, 0.6) is 0 Å². The lowest BCUT2D eigenvalue weighted by Crippen LogP contribution is -2.42. The fourth-order valence-electron chi connectivity index (χ4n) is 1.58. The zero-order chi connectivity index (χ0) is 15.3. The molecule has 2 N–H and O–H groups in total. The first-order valence-corrected chi connectivity index (χ1v) is 8.77. The fraction of sp³-hybridized carbons (Fsp3) is 0.462. The number of hydrogen-bond donors (Lipinski definition) is 1. The van der Waals surface area contributed by atoms with Crippen LogP contribution in [0.3, 0.4) is 0 Å².